The zero-order valence-electron chi connectivity index (χ0n) is 14.5. The average molecular weight is 317 g/mol. The summed E-state index contributed by atoms with van der Waals surface area (Å²) in [7, 11) is 0. The van der Waals surface area contributed by atoms with Crippen molar-refractivity contribution in [2.75, 3.05) is 19.6 Å². The highest BCUT2D eigenvalue weighted by atomic mass is 16.1. The number of amides is 1. The SMILES string of the molecule is Cc1ccc(C(=O)NCCNC(C)CC2CCCCCN2)cc1. The topological polar surface area (TPSA) is 53.2 Å². The Labute approximate surface area is 140 Å². The zero-order chi connectivity index (χ0) is 16.5. The maximum Gasteiger partial charge on any atom is 0.251 e. The van der Waals surface area contributed by atoms with E-state index in [1.165, 1.54) is 31.2 Å². The number of aryl methyl sites for hydroxylation is 1. The Balaban J connectivity index is 1.60. The quantitative estimate of drug-likeness (QED) is 0.678. The summed E-state index contributed by atoms with van der Waals surface area (Å²) in [4.78, 5) is 12.0. The van der Waals surface area contributed by atoms with Crippen LogP contribution in [-0.2, 0) is 0 Å². The predicted molar refractivity (Wildman–Crippen MR) is 95.9 cm³/mol. The monoisotopic (exact) mass is 317 g/mol. The van der Waals surface area contributed by atoms with Crippen molar-refractivity contribution in [3.8, 4) is 0 Å². The van der Waals surface area contributed by atoms with E-state index in [1.54, 1.807) is 0 Å². The van der Waals surface area contributed by atoms with Gasteiger partial charge in [-0.2, -0.15) is 0 Å². The number of carbonyl (C=O) groups is 1. The lowest BCUT2D eigenvalue weighted by atomic mass is 10.0. The van der Waals surface area contributed by atoms with Crippen molar-refractivity contribution in [3.05, 3.63) is 35.4 Å². The van der Waals surface area contributed by atoms with Crippen LogP contribution in [0.4, 0.5) is 0 Å². The van der Waals surface area contributed by atoms with E-state index in [2.05, 4.69) is 22.9 Å². The second kappa shape index (κ2) is 9.68. The number of carbonyl (C=O) groups excluding carboxylic acids is 1. The van der Waals surface area contributed by atoms with Crippen LogP contribution in [0.3, 0.4) is 0 Å². The van der Waals surface area contributed by atoms with Crippen molar-refractivity contribution < 1.29 is 4.79 Å². The van der Waals surface area contributed by atoms with Crippen LogP contribution < -0.4 is 16.0 Å². The molecule has 0 radical (unpaired) electrons. The van der Waals surface area contributed by atoms with E-state index >= 15 is 0 Å². The van der Waals surface area contributed by atoms with E-state index in [0.29, 0.717) is 18.6 Å². The maximum atomic E-state index is 12.0. The van der Waals surface area contributed by atoms with Gasteiger partial charge in [-0.1, -0.05) is 30.5 Å². The van der Waals surface area contributed by atoms with Crippen LogP contribution in [-0.4, -0.2) is 37.6 Å². The molecule has 1 fully saturated rings. The molecule has 4 heteroatoms. The van der Waals surface area contributed by atoms with Gasteiger partial charge in [0, 0.05) is 30.7 Å². The highest BCUT2D eigenvalue weighted by Gasteiger charge is 2.14. The minimum absolute atomic E-state index is 0.00453. The van der Waals surface area contributed by atoms with E-state index in [1.807, 2.05) is 31.2 Å². The van der Waals surface area contributed by atoms with Gasteiger partial charge in [-0.3, -0.25) is 4.79 Å². The summed E-state index contributed by atoms with van der Waals surface area (Å²) in [6, 6.07) is 8.80. The molecule has 3 N–H and O–H groups in total. The van der Waals surface area contributed by atoms with Gasteiger partial charge in [0.05, 0.1) is 0 Å². The molecule has 1 heterocycles. The fraction of sp³-hybridized carbons (Fsp3) is 0.632. The molecule has 23 heavy (non-hydrogen) atoms. The molecule has 1 aliphatic rings. The molecule has 2 atom stereocenters. The molecule has 0 aliphatic carbocycles. The Bertz CT molecular complexity index is 464. The smallest absolute Gasteiger partial charge is 0.251 e. The Morgan fingerprint density at radius 1 is 1.22 bits per heavy atom. The lowest BCUT2D eigenvalue weighted by Crippen LogP contribution is -2.40. The lowest BCUT2D eigenvalue weighted by molar-refractivity contribution is 0.0953. The van der Waals surface area contributed by atoms with E-state index < -0.39 is 0 Å². The van der Waals surface area contributed by atoms with E-state index in [9.17, 15) is 4.79 Å². The Hall–Kier alpha value is -1.39. The first kappa shape index (κ1) is 18.0. The fourth-order valence-electron chi connectivity index (χ4n) is 3.11. The number of hydrogen-bond donors (Lipinski definition) is 3. The normalized spacial score (nSPS) is 19.8. The first-order valence-electron chi connectivity index (χ1n) is 8.97. The molecule has 1 aromatic carbocycles. The zero-order valence-corrected chi connectivity index (χ0v) is 14.5. The lowest BCUT2D eigenvalue weighted by Gasteiger charge is -2.21. The summed E-state index contributed by atoms with van der Waals surface area (Å²) < 4.78 is 0. The van der Waals surface area contributed by atoms with Crippen molar-refractivity contribution in [1.82, 2.24) is 16.0 Å². The van der Waals surface area contributed by atoms with Crippen molar-refractivity contribution in [1.29, 1.82) is 0 Å². The average Bonchev–Trinajstić information content (AvgIpc) is 2.80. The fourth-order valence-corrected chi connectivity index (χ4v) is 3.11. The van der Waals surface area contributed by atoms with Crippen LogP contribution in [0.1, 0.15) is 54.9 Å². The largest absolute Gasteiger partial charge is 0.351 e. The molecule has 0 bridgehead atoms. The Morgan fingerprint density at radius 3 is 2.78 bits per heavy atom. The molecule has 1 amide bonds. The summed E-state index contributed by atoms with van der Waals surface area (Å²) in [6.45, 7) is 6.88. The van der Waals surface area contributed by atoms with Gasteiger partial charge in [0.15, 0.2) is 0 Å². The molecule has 0 saturated carbocycles. The minimum Gasteiger partial charge on any atom is -0.351 e. The number of rotatable bonds is 7. The van der Waals surface area contributed by atoms with Gasteiger partial charge >= 0.3 is 0 Å². The van der Waals surface area contributed by atoms with Gasteiger partial charge < -0.3 is 16.0 Å². The summed E-state index contributed by atoms with van der Waals surface area (Å²) in [5, 5.41) is 10.1. The highest BCUT2D eigenvalue weighted by molar-refractivity contribution is 5.94. The Kier molecular flexibility index (Phi) is 7.56. The third kappa shape index (κ3) is 6.71. The molecular formula is C19H31N3O. The van der Waals surface area contributed by atoms with Crippen molar-refractivity contribution >= 4 is 5.91 Å². The third-order valence-electron chi connectivity index (χ3n) is 4.52. The van der Waals surface area contributed by atoms with Crippen LogP contribution in [0.25, 0.3) is 0 Å². The minimum atomic E-state index is 0.00453. The maximum absolute atomic E-state index is 12.0. The molecule has 0 spiro atoms. The van der Waals surface area contributed by atoms with Crippen LogP contribution in [0.2, 0.25) is 0 Å². The summed E-state index contributed by atoms with van der Waals surface area (Å²) in [5.41, 5.74) is 1.90. The van der Waals surface area contributed by atoms with Crippen molar-refractivity contribution in [2.45, 2.75) is 58.0 Å². The standard InChI is InChI=1S/C19H31N3O/c1-15-7-9-17(10-8-15)19(23)22-13-12-20-16(2)14-18-6-4-3-5-11-21-18/h7-10,16,18,20-21H,3-6,11-14H2,1-2H3,(H,22,23). The van der Waals surface area contributed by atoms with E-state index in [4.69, 9.17) is 0 Å². The predicted octanol–water partition coefficient (Wildman–Crippen LogP) is 2.63. The second-order valence-electron chi connectivity index (χ2n) is 6.71. The van der Waals surface area contributed by atoms with E-state index in [0.717, 1.165) is 25.1 Å². The number of nitrogens with one attached hydrogen (secondary N) is 3. The van der Waals surface area contributed by atoms with Crippen LogP contribution in [0.5, 0.6) is 0 Å². The van der Waals surface area contributed by atoms with Gasteiger partial charge in [0.2, 0.25) is 0 Å². The van der Waals surface area contributed by atoms with Gasteiger partial charge in [-0.15, -0.1) is 0 Å². The first-order valence-corrected chi connectivity index (χ1v) is 8.97. The van der Waals surface area contributed by atoms with Gasteiger partial charge in [0.1, 0.15) is 0 Å². The number of hydrogen-bond acceptors (Lipinski definition) is 3. The van der Waals surface area contributed by atoms with Crippen molar-refractivity contribution in [3.63, 3.8) is 0 Å². The third-order valence-corrected chi connectivity index (χ3v) is 4.52. The molecule has 1 aliphatic heterocycles. The van der Waals surface area contributed by atoms with Gasteiger partial charge in [-0.25, -0.2) is 0 Å². The number of benzene rings is 1. The van der Waals surface area contributed by atoms with Gasteiger partial charge in [-0.05, 0) is 51.8 Å². The van der Waals surface area contributed by atoms with E-state index in [-0.39, 0.29) is 5.91 Å². The molecule has 2 unspecified atom stereocenters. The van der Waals surface area contributed by atoms with Crippen molar-refractivity contribution in [2.24, 2.45) is 0 Å². The molecule has 2 rings (SSSR count). The molecule has 1 saturated heterocycles. The summed E-state index contributed by atoms with van der Waals surface area (Å²) >= 11 is 0. The Morgan fingerprint density at radius 2 is 2.00 bits per heavy atom. The summed E-state index contributed by atoms with van der Waals surface area (Å²) in [5.74, 6) is 0.00453. The van der Waals surface area contributed by atoms with Crippen LogP contribution in [0.15, 0.2) is 24.3 Å². The first-order chi connectivity index (χ1) is 11.1. The molecular weight excluding hydrogens is 286 g/mol. The highest BCUT2D eigenvalue weighted by Crippen LogP contribution is 2.12. The van der Waals surface area contributed by atoms with Crippen LogP contribution in [0, 0.1) is 6.92 Å². The molecule has 1 aromatic rings. The van der Waals surface area contributed by atoms with Crippen LogP contribution >= 0.6 is 0 Å². The van der Waals surface area contributed by atoms with Gasteiger partial charge in [0.25, 0.3) is 5.91 Å². The summed E-state index contributed by atoms with van der Waals surface area (Å²) in [6.07, 6.45) is 6.46. The molecule has 128 valence electrons. The molecule has 4 nitrogen and oxygen atoms in total. The molecule has 0 aromatic heterocycles. The second-order valence-corrected chi connectivity index (χ2v) is 6.71.